The normalized spacial score (nSPS) is 17.4. The van der Waals surface area contributed by atoms with Gasteiger partial charge in [-0.25, -0.2) is 9.18 Å². The second-order valence-corrected chi connectivity index (χ2v) is 6.49. The summed E-state index contributed by atoms with van der Waals surface area (Å²) in [4.78, 5) is 14.0. The van der Waals surface area contributed by atoms with Crippen molar-refractivity contribution >= 4 is 17.7 Å². The Morgan fingerprint density at radius 2 is 2.24 bits per heavy atom. The molecule has 140 valence electrons. The van der Waals surface area contributed by atoms with Crippen molar-refractivity contribution in [2.24, 2.45) is 0 Å². The van der Waals surface area contributed by atoms with Crippen LogP contribution in [0.2, 0.25) is 5.02 Å². The van der Waals surface area contributed by atoms with Crippen LogP contribution in [0.25, 0.3) is 0 Å². The fourth-order valence-corrected chi connectivity index (χ4v) is 2.97. The number of carbonyl (C=O) groups excluding carboxylic acids is 1. The maximum atomic E-state index is 14.3. The minimum atomic E-state index is -0.529. The molecule has 1 heterocycles. The van der Waals surface area contributed by atoms with Crippen molar-refractivity contribution in [3.63, 3.8) is 0 Å². The molecule has 7 heteroatoms. The quantitative estimate of drug-likeness (QED) is 0.735. The highest BCUT2D eigenvalue weighted by atomic mass is 35.5. The zero-order valence-corrected chi connectivity index (χ0v) is 15.6. The van der Waals surface area contributed by atoms with Crippen molar-refractivity contribution in [2.45, 2.75) is 45.8 Å². The van der Waals surface area contributed by atoms with Gasteiger partial charge in [-0.3, -0.25) is 0 Å². The summed E-state index contributed by atoms with van der Waals surface area (Å²) in [5, 5.41) is 3.45. The highest BCUT2D eigenvalue weighted by Gasteiger charge is 2.26. The zero-order chi connectivity index (χ0) is 18.2. The molecule has 1 N–H and O–H groups in total. The molecule has 1 aliphatic rings. The molecular weight excluding hydrogens is 347 g/mol. The Morgan fingerprint density at radius 1 is 1.44 bits per heavy atom. The summed E-state index contributed by atoms with van der Waals surface area (Å²) < 4.78 is 25.0. The molecule has 1 amide bonds. The third-order valence-corrected chi connectivity index (χ3v) is 4.61. The van der Waals surface area contributed by atoms with E-state index in [0.717, 1.165) is 32.4 Å². The molecule has 1 aromatic rings. The van der Waals surface area contributed by atoms with Crippen LogP contribution >= 0.6 is 11.6 Å². The van der Waals surface area contributed by atoms with Crippen LogP contribution in [0.1, 0.15) is 38.7 Å². The van der Waals surface area contributed by atoms with Crippen LogP contribution in [0.3, 0.4) is 0 Å². The number of ether oxygens (including phenoxy) is 2. The first-order valence-electron chi connectivity index (χ1n) is 8.81. The summed E-state index contributed by atoms with van der Waals surface area (Å²) in [5.41, 5.74) is 0.168. The fraction of sp³-hybridized carbons (Fsp3) is 0.611. The van der Waals surface area contributed by atoms with Gasteiger partial charge in [-0.1, -0.05) is 31.9 Å². The second kappa shape index (κ2) is 9.82. The Morgan fingerprint density at radius 3 is 2.92 bits per heavy atom. The van der Waals surface area contributed by atoms with Crippen LogP contribution in [0, 0.1) is 5.82 Å². The van der Waals surface area contributed by atoms with E-state index in [2.05, 4.69) is 12.2 Å². The number of halogens is 2. The molecule has 0 aliphatic carbocycles. The average Bonchev–Trinajstić information content (AvgIpc) is 2.61. The molecule has 1 fully saturated rings. The van der Waals surface area contributed by atoms with E-state index in [9.17, 15) is 9.18 Å². The molecule has 1 aliphatic heterocycles. The number of hydrogen-bond acceptors (Lipinski definition) is 4. The van der Waals surface area contributed by atoms with Gasteiger partial charge < -0.3 is 19.7 Å². The largest absolute Gasteiger partial charge is 0.493 e. The van der Waals surface area contributed by atoms with Gasteiger partial charge in [0.05, 0.1) is 11.6 Å². The van der Waals surface area contributed by atoms with Crippen molar-refractivity contribution < 1.29 is 18.7 Å². The number of carbonyl (C=O) groups is 1. The van der Waals surface area contributed by atoms with Crippen LogP contribution in [0.5, 0.6) is 5.75 Å². The maximum Gasteiger partial charge on any atom is 0.410 e. The lowest BCUT2D eigenvalue weighted by Gasteiger charge is -2.34. The third kappa shape index (κ3) is 5.47. The van der Waals surface area contributed by atoms with Crippen molar-refractivity contribution in [1.82, 2.24) is 10.2 Å². The molecule has 1 saturated heterocycles. The van der Waals surface area contributed by atoms with E-state index in [4.69, 9.17) is 21.1 Å². The molecule has 0 bridgehead atoms. The van der Waals surface area contributed by atoms with Crippen molar-refractivity contribution in [2.75, 3.05) is 26.2 Å². The fourth-order valence-electron chi connectivity index (χ4n) is 2.72. The Labute approximate surface area is 153 Å². The molecule has 0 spiro atoms. The molecule has 1 unspecified atom stereocenters. The Balaban J connectivity index is 1.96. The number of rotatable bonds is 7. The van der Waals surface area contributed by atoms with Gasteiger partial charge in [0, 0.05) is 37.3 Å². The predicted molar refractivity (Wildman–Crippen MR) is 95.7 cm³/mol. The van der Waals surface area contributed by atoms with E-state index >= 15 is 0 Å². The lowest BCUT2D eigenvalue weighted by atomic mass is 10.1. The number of nitrogens with zero attached hydrogens (tertiary/aromatic N) is 1. The Kier molecular flexibility index (Phi) is 7.78. The first-order chi connectivity index (χ1) is 12.1. The Bertz CT molecular complexity index is 562. The molecule has 1 aromatic carbocycles. The molecule has 0 saturated carbocycles. The summed E-state index contributed by atoms with van der Waals surface area (Å²) in [7, 11) is 0. The molecule has 25 heavy (non-hydrogen) atoms. The van der Waals surface area contributed by atoms with E-state index in [-0.39, 0.29) is 23.2 Å². The number of piperazine rings is 1. The first-order valence-corrected chi connectivity index (χ1v) is 9.19. The highest BCUT2D eigenvalue weighted by Crippen LogP contribution is 2.27. The molecule has 0 aromatic heterocycles. The maximum absolute atomic E-state index is 14.3. The number of amides is 1. The number of benzene rings is 1. The highest BCUT2D eigenvalue weighted by molar-refractivity contribution is 6.31. The van der Waals surface area contributed by atoms with Gasteiger partial charge in [-0.2, -0.15) is 0 Å². The third-order valence-electron chi connectivity index (χ3n) is 4.28. The minimum absolute atomic E-state index is 0.0934. The van der Waals surface area contributed by atoms with Crippen LogP contribution in [0.15, 0.2) is 12.1 Å². The number of nitrogens with one attached hydrogen (secondary N) is 1. The zero-order valence-electron chi connectivity index (χ0n) is 14.8. The molecule has 0 radical (unpaired) electrons. The lowest BCUT2D eigenvalue weighted by molar-refractivity contribution is 0.0707. The molecule has 1 atom stereocenters. The van der Waals surface area contributed by atoms with Crippen LogP contribution in [0.4, 0.5) is 9.18 Å². The van der Waals surface area contributed by atoms with Crippen molar-refractivity contribution in [1.29, 1.82) is 0 Å². The number of unbranched alkanes of at least 4 members (excludes halogenated alkanes) is 1. The summed E-state index contributed by atoms with van der Waals surface area (Å²) in [6.45, 7) is 6.44. The first kappa shape index (κ1) is 19.8. The van der Waals surface area contributed by atoms with Crippen LogP contribution in [-0.2, 0) is 11.3 Å². The van der Waals surface area contributed by atoms with Gasteiger partial charge in [0.1, 0.15) is 18.2 Å². The summed E-state index contributed by atoms with van der Waals surface area (Å²) >= 11 is 6.14. The second-order valence-electron chi connectivity index (χ2n) is 6.08. The van der Waals surface area contributed by atoms with Gasteiger partial charge in [0.2, 0.25) is 0 Å². The minimum Gasteiger partial charge on any atom is -0.493 e. The monoisotopic (exact) mass is 372 g/mol. The van der Waals surface area contributed by atoms with Crippen molar-refractivity contribution in [3.8, 4) is 5.75 Å². The van der Waals surface area contributed by atoms with Gasteiger partial charge in [-0.15, -0.1) is 0 Å². The standard InChI is InChI=1S/C18H26ClFN2O3/c1-3-5-8-24-14-9-16(19)15(17(20)10-14)12-25-18(23)22-7-6-21-11-13(22)4-2/h9-10,13,21H,3-8,11-12H2,1-2H3. The van der Waals surface area contributed by atoms with E-state index < -0.39 is 11.9 Å². The van der Waals surface area contributed by atoms with Crippen LogP contribution < -0.4 is 10.1 Å². The van der Waals surface area contributed by atoms with Crippen molar-refractivity contribution in [3.05, 3.63) is 28.5 Å². The SMILES string of the molecule is CCCCOc1cc(F)c(COC(=O)N2CCNCC2CC)c(Cl)c1. The van der Waals surface area contributed by atoms with Gasteiger partial charge in [-0.05, 0) is 18.9 Å². The molecule has 2 rings (SSSR count). The lowest BCUT2D eigenvalue weighted by Crippen LogP contribution is -2.53. The number of hydrogen-bond donors (Lipinski definition) is 1. The van der Waals surface area contributed by atoms with Gasteiger partial charge in [0.25, 0.3) is 0 Å². The Hall–Kier alpha value is -1.53. The van der Waals surface area contributed by atoms with E-state index in [0.29, 0.717) is 18.9 Å². The average molecular weight is 373 g/mol. The summed E-state index contributed by atoms with van der Waals surface area (Å²) in [6.07, 6.45) is 2.28. The molecule has 5 nitrogen and oxygen atoms in total. The summed E-state index contributed by atoms with van der Waals surface area (Å²) in [6, 6.07) is 2.93. The van der Waals surface area contributed by atoms with Gasteiger partial charge in [0.15, 0.2) is 0 Å². The van der Waals surface area contributed by atoms with Gasteiger partial charge >= 0.3 is 6.09 Å². The molecular formula is C18H26ClFN2O3. The van der Waals surface area contributed by atoms with E-state index in [1.807, 2.05) is 6.92 Å². The van der Waals surface area contributed by atoms with Crippen LogP contribution in [-0.4, -0.2) is 43.3 Å². The van der Waals surface area contributed by atoms with E-state index in [1.54, 1.807) is 11.0 Å². The summed E-state index contributed by atoms with van der Waals surface area (Å²) in [5.74, 6) is -0.140. The topological polar surface area (TPSA) is 50.8 Å². The van der Waals surface area contributed by atoms with E-state index in [1.165, 1.54) is 6.07 Å². The smallest absolute Gasteiger partial charge is 0.410 e. The predicted octanol–water partition coefficient (Wildman–Crippen LogP) is 3.98.